The van der Waals surface area contributed by atoms with Crippen molar-refractivity contribution in [2.75, 3.05) is 13.1 Å². The van der Waals surface area contributed by atoms with Crippen molar-refractivity contribution < 1.29 is 14.1 Å². The second-order valence-electron chi connectivity index (χ2n) is 8.54. The number of benzene rings is 1. The topological polar surface area (TPSA) is 97.1 Å². The van der Waals surface area contributed by atoms with E-state index < -0.39 is 0 Å². The number of piperidine rings is 1. The molecule has 3 aromatic rings. The maximum atomic E-state index is 13.0. The second-order valence-corrected chi connectivity index (χ2v) is 8.54. The molecule has 1 amide bonds. The highest BCUT2D eigenvalue weighted by atomic mass is 16.5. The minimum atomic E-state index is 0.0393. The molecular formula is C23H27N5O3. The first-order valence-electron chi connectivity index (χ1n) is 10.9. The predicted octanol–water partition coefficient (Wildman–Crippen LogP) is 3.89. The van der Waals surface area contributed by atoms with Crippen molar-refractivity contribution in [2.45, 2.75) is 58.0 Å². The first-order chi connectivity index (χ1) is 15.1. The summed E-state index contributed by atoms with van der Waals surface area (Å²) in [6, 6.07) is 7.37. The molecule has 8 nitrogen and oxygen atoms in total. The summed E-state index contributed by atoms with van der Waals surface area (Å²) in [7, 11) is 0. The van der Waals surface area contributed by atoms with Crippen molar-refractivity contribution in [1.82, 2.24) is 25.2 Å². The average molecular weight is 422 g/mol. The molecule has 1 saturated heterocycles. The minimum absolute atomic E-state index is 0.0393. The summed E-state index contributed by atoms with van der Waals surface area (Å²) in [5.41, 5.74) is 2.41. The van der Waals surface area contributed by atoms with Crippen LogP contribution in [0.1, 0.15) is 76.5 Å². The molecule has 31 heavy (non-hydrogen) atoms. The number of aromatic amines is 1. The fourth-order valence-electron chi connectivity index (χ4n) is 4.12. The van der Waals surface area contributed by atoms with E-state index in [4.69, 9.17) is 14.2 Å². The molecule has 2 aliphatic rings. The number of amides is 1. The van der Waals surface area contributed by atoms with E-state index >= 15 is 0 Å². The van der Waals surface area contributed by atoms with Gasteiger partial charge in [-0.2, -0.15) is 5.10 Å². The Morgan fingerprint density at radius 2 is 2.00 bits per heavy atom. The lowest BCUT2D eigenvalue weighted by molar-refractivity contribution is 0.0710. The molecule has 162 valence electrons. The standard InChI is InChI=1S/C23H27N5O3/c1-14-20(15(2)31-27-14)13-30-19-5-3-4-18(12-19)23(29)28-10-8-17(9-11-28)22-24-21(25-26-22)16-6-7-16/h3-5,12,16-17H,6-11,13H2,1-2H3,(H,24,25,26). The van der Waals surface area contributed by atoms with Gasteiger partial charge in [0.25, 0.3) is 5.91 Å². The van der Waals surface area contributed by atoms with Gasteiger partial charge in [-0.05, 0) is 57.7 Å². The van der Waals surface area contributed by atoms with E-state index in [9.17, 15) is 4.79 Å². The molecule has 0 radical (unpaired) electrons. The number of carbonyl (C=O) groups is 1. The van der Waals surface area contributed by atoms with Crippen molar-refractivity contribution in [3.05, 3.63) is 58.5 Å². The third kappa shape index (κ3) is 4.19. The summed E-state index contributed by atoms with van der Waals surface area (Å²) in [5, 5.41) is 11.4. The quantitative estimate of drug-likeness (QED) is 0.649. The second kappa shape index (κ2) is 8.17. The van der Waals surface area contributed by atoms with Gasteiger partial charge < -0.3 is 14.2 Å². The Kier molecular flexibility index (Phi) is 5.21. The lowest BCUT2D eigenvalue weighted by atomic mass is 9.95. The number of hydrogen-bond acceptors (Lipinski definition) is 6. The van der Waals surface area contributed by atoms with E-state index in [-0.39, 0.29) is 5.91 Å². The molecule has 0 spiro atoms. The van der Waals surface area contributed by atoms with Crippen LogP contribution in [-0.2, 0) is 6.61 Å². The molecule has 2 aromatic heterocycles. The normalized spacial score (nSPS) is 17.2. The number of nitrogens with one attached hydrogen (secondary N) is 1. The molecule has 1 aliphatic carbocycles. The van der Waals surface area contributed by atoms with Crippen LogP contribution in [0.3, 0.4) is 0 Å². The number of carbonyl (C=O) groups excluding carboxylic acids is 1. The van der Waals surface area contributed by atoms with Crippen LogP contribution in [0.15, 0.2) is 28.8 Å². The van der Waals surface area contributed by atoms with Gasteiger partial charge in [0.05, 0.1) is 11.3 Å². The van der Waals surface area contributed by atoms with Gasteiger partial charge in [-0.1, -0.05) is 11.2 Å². The van der Waals surface area contributed by atoms with Crippen LogP contribution in [0.2, 0.25) is 0 Å². The fraction of sp³-hybridized carbons (Fsp3) is 0.478. The van der Waals surface area contributed by atoms with Gasteiger partial charge in [0.15, 0.2) is 5.82 Å². The van der Waals surface area contributed by atoms with Crippen LogP contribution in [-0.4, -0.2) is 44.2 Å². The third-order valence-electron chi connectivity index (χ3n) is 6.28. The van der Waals surface area contributed by atoms with Crippen LogP contribution in [0.5, 0.6) is 5.75 Å². The Balaban J connectivity index is 1.19. The zero-order valence-corrected chi connectivity index (χ0v) is 17.9. The van der Waals surface area contributed by atoms with E-state index in [1.165, 1.54) is 12.8 Å². The highest BCUT2D eigenvalue weighted by Crippen LogP contribution is 2.38. The lowest BCUT2D eigenvalue weighted by Crippen LogP contribution is -2.38. The van der Waals surface area contributed by atoms with E-state index in [0.29, 0.717) is 42.8 Å². The number of aromatic nitrogens is 4. The summed E-state index contributed by atoms with van der Waals surface area (Å²) in [5.74, 6) is 4.29. The molecule has 5 rings (SSSR count). The number of hydrogen-bond donors (Lipinski definition) is 1. The molecule has 0 bridgehead atoms. The summed E-state index contributed by atoms with van der Waals surface area (Å²) in [6.45, 7) is 5.56. The summed E-state index contributed by atoms with van der Waals surface area (Å²) in [6.07, 6.45) is 4.19. The van der Waals surface area contributed by atoms with Gasteiger partial charge in [0, 0.05) is 30.5 Å². The van der Waals surface area contributed by atoms with Crippen molar-refractivity contribution in [3.63, 3.8) is 0 Å². The molecule has 2 fully saturated rings. The number of likely N-dealkylation sites (tertiary alicyclic amines) is 1. The number of rotatable bonds is 6. The summed E-state index contributed by atoms with van der Waals surface area (Å²) >= 11 is 0. The first kappa shape index (κ1) is 19.8. The number of H-pyrrole nitrogens is 1. The van der Waals surface area contributed by atoms with Crippen LogP contribution in [0.4, 0.5) is 0 Å². The Hall–Kier alpha value is -3.16. The monoisotopic (exact) mass is 421 g/mol. The van der Waals surface area contributed by atoms with Crippen LogP contribution in [0, 0.1) is 13.8 Å². The molecule has 1 saturated carbocycles. The average Bonchev–Trinajstić information content (AvgIpc) is 3.44. The minimum Gasteiger partial charge on any atom is -0.489 e. The van der Waals surface area contributed by atoms with Crippen molar-refractivity contribution in [1.29, 1.82) is 0 Å². The van der Waals surface area contributed by atoms with Crippen LogP contribution in [0.25, 0.3) is 0 Å². The van der Waals surface area contributed by atoms with Gasteiger partial charge in [-0.15, -0.1) is 0 Å². The van der Waals surface area contributed by atoms with E-state index in [2.05, 4.69) is 15.4 Å². The van der Waals surface area contributed by atoms with E-state index in [0.717, 1.165) is 41.5 Å². The van der Waals surface area contributed by atoms with Gasteiger partial charge in [0.1, 0.15) is 23.9 Å². The SMILES string of the molecule is Cc1noc(C)c1COc1cccc(C(=O)N2CCC(c3nc(C4CC4)n[nH]3)CC2)c1. The largest absolute Gasteiger partial charge is 0.489 e. The molecule has 0 atom stereocenters. The molecule has 1 aromatic carbocycles. The Morgan fingerprint density at radius 1 is 1.19 bits per heavy atom. The van der Waals surface area contributed by atoms with Gasteiger partial charge in [-0.25, -0.2) is 4.98 Å². The zero-order valence-electron chi connectivity index (χ0n) is 17.9. The third-order valence-corrected chi connectivity index (χ3v) is 6.28. The maximum Gasteiger partial charge on any atom is 0.253 e. The Labute approximate surface area is 181 Å². The molecule has 1 N–H and O–H groups in total. The molecule has 1 aliphatic heterocycles. The number of nitrogens with zero attached hydrogens (tertiary/aromatic N) is 4. The lowest BCUT2D eigenvalue weighted by Gasteiger charge is -2.31. The number of aryl methyl sites for hydroxylation is 2. The molecule has 0 unspecified atom stereocenters. The van der Waals surface area contributed by atoms with E-state index in [1.807, 2.05) is 43.0 Å². The summed E-state index contributed by atoms with van der Waals surface area (Å²) in [4.78, 5) is 19.7. The van der Waals surface area contributed by atoms with Gasteiger partial charge in [0.2, 0.25) is 0 Å². The highest BCUT2D eigenvalue weighted by molar-refractivity contribution is 5.94. The zero-order chi connectivity index (χ0) is 21.4. The van der Waals surface area contributed by atoms with Crippen molar-refractivity contribution in [3.8, 4) is 5.75 Å². The summed E-state index contributed by atoms with van der Waals surface area (Å²) < 4.78 is 11.1. The van der Waals surface area contributed by atoms with Crippen LogP contribution >= 0.6 is 0 Å². The van der Waals surface area contributed by atoms with Gasteiger partial charge in [-0.3, -0.25) is 9.89 Å². The molecule has 3 heterocycles. The first-order valence-corrected chi connectivity index (χ1v) is 10.9. The molecule has 8 heteroatoms. The van der Waals surface area contributed by atoms with Crippen LogP contribution < -0.4 is 4.74 Å². The fourth-order valence-corrected chi connectivity index (χ4v) is 4.12. The smallest absolute Gasteiger partial charge is 0.253 e. The number of ether oxygens (including phenoxy) is 1. The van der Waals surface area contributed by atoms with Crippen molar-refractivity contribution >= 4 is 5.91 Å². The van der Waals surface area contributed by atoms with E-state index in [1.54, 1.807) is 0 Å². The Bertz CT molecular complexity index is 1060. The highest BCUT2D eigenvalue weighted by Gasteiger charge is 2.31. The molecular weight excluding hydrogens is 394 g/mol. The van der Waals surface area contributed by atoms with Crippen molar-refractivity contribution in [2.24, 2.45) is 0 Å². The maximum absolute atomic E-state index is 13.0. The Morgan fingerprint density at radius 3 is 2.71 bits per heavy atom. The predicted molar refractivity (Wildman–Crippen MR) is 113 cm³/mol. The van der Waals surface area contributed by atoms with Gasteiger partial charge >= 0.3 is 0 Å².